The summed E-state index contributed by atoms with van der Waals surface area (Å²) in [6.07, 6.45) is -4.48. The van der Waals surface area contributed by atoms with Gasteiger partial charge in [0.2, 0.25) is 5.95 Å². The van der Waals surface area contributed by atoms with Crippen LogP contribution in [0.1, 0.15) is 6.23 Å². The number of ether oxygens (including phenoxy) is 1. The largest absolute Gasteiger partial charge is 0.481 e. The number of nitrogens with two attached hydrogens (primary N) is 1. The number of hydrogen-bond acceptors (Lipinski definition) is 11. The van der Waals surface area contributed by atoms with Gasteiger partial charge in [-0.3, -0.25) is 23.4 Å². The van der Waals surface area contributed by atoms with Crippen LogP contribution in [0.3, 0.4) is 0 Å². The average molecular weight is 425 g/mol. The summed E-state index contributed by atoms with van der Waals surface area (Å²) in [7, 11) is -10.1. The van der Waals surface area contributed by atoms with Crippen LogP contribution in [0.25, 0.3) is 11.2 Å². The number of nitrogens with one attached hydrogen (secondary N) is 1. The standard InChI is InChI=1S/C10H13N5O10P2/c11-10-13-7-4(8(17)14-10)12-2-15(7)9-6-5(16)3(23-9)1-22-26(18,19)25-27(20,21)24-6/h2-3,5-6,9,16H,1H2,(H,18,19)(H,20,21)(H3,11,13,14,17)/t3-,5-,6-,9-/m1/s1. The van der Waals surface area contributed by atoms with Crippen molar-refractivity contribution >= 4 is 32.8 Å². The molecule has 6 N–H and O–H groups in total. The number of phosphoric ester groups is 2. The SMILES string of the molecule is Nc1nc2c(ncn2[C@@H]2O[C@@H]3COP(=O)(O)OP(=O)(O)O[C@@H]2[C@@H]3O)c(=O)[nH]1. The third-order valence-electron chi connectivity index (χ3n) is 3.90. The van der Waals surface area contributed by atoms with Crippen molar-refractivity contribution in [2.75, 3.05) is 12.3 Å². The summed E-state index contributed by atoms with van der Waals surface area (Å²) >= 11 is 0. The number of imidazole rings is 1. The lowest BCUT2D eigenvalue weighted by molar-refractivity contribution is -0.0545. The van der Waals surface area contributed by atoms with Crippen LogP contribution in [0.2, 0.25) is 0 Å². The van der Waals surface area contributed by atoms with Crippen LogP contribution >= 0.6 is 15.6 Å². The van der Waals surface area contributed by atoms with Crippen LogP contribution < -0.4 is 11.3 Å². The number of H-pyrrole nitrogens is 1. The van der Waals surface area contributed by atoms with Gasteiger partial charge in [0.1, 0.15) is 18.3 Å². The fourth-order valence-electron chi connectivity index (χ4n) is 2.82. The average Bonchev–Trinajstić information content (AvgIpc) is 3.07. The second-order valence-corrected chi connectivity index (χ2v) is 8.71. The highest BCUT2D eigenvalue weighted by molar-refractivity contribution is 7.61. The first kappa shape index (κ1) is 18.7. The Morgan fingerprint density at radius 3 is 2.81 bits per heavy atom. The maximum absolute atomic E-state index is 12.0. The lowest BCUT2D eigenvalue weighted by Gasteiger charge is -2.24. The first-order valence-electron chi connectivity index (χ1n) is 7.32. The predicted molar refractivity (Wildman–Crippen MR) is 84.0 cm³/mol. The fraction of sp³-hybridized carbons (Fsp3) is 0.500. The fourth-order valence-corrected chi connectivity index (χ4v) is 5.07. The minimum atomic E-state index is -5.13. The zero-order valence-electron chi connectivity index (χ0n) is 13.1. The van der Waals surface area contributed by atoms with Crippen molar-refractivity contribution in [2.24, 2.45) is 0 Å². The molecule has 148 valence electrons. The molecule has 4 heterocycles. The highest BCUT2D eigenvalue weighted by atomic mass is 31.3. The second kappa shape index (κ2) is 6.17. The quantitative estimate of drug-likeness (QED) is 0.332. The highest BCUT2D eigenvalue weighted by Crippen LogP contribution is 2.63. The molecule has 0 aliphatic carbocycles. The zero-order valence-corrected chi connectivity index (χ0v) is 14.9. The summed E-state index contributed by atoms with van der Waals surface area (Å²) in [5, 5.41) is 10.4. The smallest absolute Gasteiger partial charge is 0.387 e. The number of rotatable bonds is 1. The number of anilines is 1. The molecule has 0 spiro atoms. The molecule has 0 amide bonds. The maximum atomic E-state index is 12.0. The van der Waals surface area contributed by atoms with Crippen LogP contribution in [0.5, 0.6) is 0 Å². The molecule has 4 rings (SSSR count). The Kier molecular flexibility index (Phi) is 4.27. The molecule has 15 nitrogen and oxygen atoms in total. The summed E-state index contributed by atoms with van der Waals surface area (Å²) < 4.78 is 43.9. The normalized spacial score (nSPS) is 39.8. The van der Waals surface area contributed by atoms with Gasteiger partial charge >= 0.3 is 15.6 Å². The van der Waals surface area contributed by atoms with Crippen LogP contribution in [0.4, 0.5) is 5.95 Å². The monoisotopic (exact) mass is 425 g/mol. The van der Waals surface area contributed by atoms with Crippen molar-refractivity contribution in [1.29, 1.82) is 0 Å². The van der Waals surface area contributed by atoms with E-state index in [-0.39, 0.29) is 17.1 Å². The van der Waals surface area contributed by atoms with Gasteiger partial charge in [-0.1, -0.05) is 0 Å². The molecule has 0 aromatic carbocycles. The first-order chi connectivity index (χ1) is 12.6. The summed E-state index contributed by atoms with van der Waals surface area (Å²) in [6, 6.07) is 0. The molecule has 6 atom stereocenters. The van der Waals surface area contributed by atoms with E-state index in [4.69, 9.17) is 15.0 Å². The van der Waals surface area contributed by atoms with E-state index in [0.717, 1.165) is 10.9 Å². The van der Waals surface area contributed by atoms with Gasteiger partial charge in [0, 0.05) is 0 Å². The number of phosphoric acid groups is 2. The number of hydrogen-bond donors (Lipinski definition) is 5. The number of aromatic amines is 1. The summed E-state index contributed by atoms with van der Waals surface area (Å²) in [6.45, 7) is -0.645. The van der Waals surface area contributed by atoms with Gasteiger partial charge in [-0.2, -0.15) is 9.29 Å². The van der Waals surface area contributed by atoms with E-state index in [1.807, 2.05) is 0 Å². The molecule has 0 saturated carbocycles. The molecule has 2 aliphatic rings. The molecule has 2 saturated heterocycles. The van der Waals surface area contributed by atoms with Crippen LogP contribution in [0, 0.1) is 0 Å². The van der Waals surface area contributed by atoms with Gasteiger partial charge in [-0.25, -0.2) is 14.1 Å². The molecule has 2 aromatic rings. The second-order valence-electron chi connectivity index (χ2n) is 5.72. The van der Waals surface area contributed by atoms with Gasteiger partial charge in [-0.15, -0.1) is 0 Å². The number of aliphatic hydroxyl groups excluding tert-OH is 1. The Balaban J connectivity index is 1.79. The van der Waals surface area contributed by atoms with Gasteiger partial charge in [0.25, 0.3) is 5.56 Å². The molecule has 17 heteroatoms. The van der Waals surface area contributed by atoms with Gasteiger partial charge in [0.05, 0.1) is 12.9 Å². The van der Waals surface area contributed by atoms with E-state index in [1.54, 1.807) is 0 Å². The third kappa shape index (κ3) is 3.33. The van der Waals surface area contributed by atoms with Crippen LogP contribution in [-0.4, -0.2) is 59.3 Å². The van der Waals surface area contributed by atoms with E-state index in [0.29, 0.717) is 0 Å². The van der Waals surface area contributed by atoms with Crippen molar-refractivity contribution in [1.82, 2.24) is 19.5 Å². The topological polar surface area (TPSA) is 221 Å². The van der Waals surface area contributed by atoms with Crippen molar-refractivity contribution < 1.29 is 42.1 Å². The van der Waals surface area contributed by atoms with E-state index >= 15 is 0 Å². The minimum absolute atomic E-state index is 0.0396. The van der Waals surface area contributed by atoms with Gasteiger partial charge in [0.15, 0.2) is 17.4 Å². The molecular formula is C10H13N5O10P2. The summed E-state index contributed by atoms with van der Waals surface area (Å²) in [5.74, 6) is -0.219. The Morgan fingerprint density at radius 1 is 1.33 bits per heavy atom. The molecule has 0 radical (unpaired) electrons. The molecular weight excluding hydrogens is 412 g/mol. The van der Waals surface area contributed by atoms with Crippen molar-refractivity contribution in [3.63, 3.8) is 0 Å². The Morgan fingerprint density at radius 2 is 2.07 bits per heavy atom. The van der Waals surface area contributed by atoms with Crippen molar-refractivity contribution in [3.8, 4) is 0 Å². The molecule has 2 fully saturated rings. The third-order valence-corrected chi connectivity index (χ3v) is 6.54. The van der Waals surface area contributed by atoms with Gasteiger partial charge < -0.3 is 25.4 Å². The number of nitrogen functional groups attached to an aromatic ring is 1. The summed E-state index contributed by atoms with van der Waals surface area (Å²) in [5.41, 5.74) is 4.74. The molecule has 2 unspecified atom stereocenters. The highest BCUT2D eigenvalue weighted by Gasteiger charge is 2.53. The predicted octanol–water partition coefficient (Wildman–Crippen LogP) is -1.41. The number of nitrogens with zero attached hydrogens (tertiary/aromatic N) is 3. The Bertz CT molecular complexity index is 1050. The number of fused-ring (bicyclic) bond motifs is 3. The van der Waals surface area contributed by atoms with Crippen molar-refractivity contribution in [3.05, 3.63) is 16.7 Å². The molecule has 27 heavy (non-hydrogen) atoms. The van der Waals surface area contributed by atoms with E-state index in [2.05, 4.69) is 23.8 Å². The molecule has 2 bridgehead atoms. The lowest BCUT2D eigenvalue weighted by Crippen LogP contribution is -2.34. The van der Waals surface area contributed by atoms with Gasteiger partial charge in [-0.05, 0) is 0 Å². The molecule has 2 aliphatic heterocycles. The lowest BCUT2D eigenvalue weighted by atomic mass is 10.1. The number of aliphatic hydroxyl groups is 1. The first-order valence-corrected chi connectivity index (χ1v) is 10.3. The molecule has 2 aromatic heterocycles. The Labute approximate surface area is 148 Å². The minimum Gasteiger partial charge on any atom is -0.387 e. The summed E-state index contributed by atoms with van der Waals surface area (Å²) in [4.78, 5) is 41.1. The zero-order chi connectivity index (χ0) is 19.6. The van der Waals surface area contributed by atoms with Crippen molar-refractivity contribution in [2.45, 2.75) is 24.5 Å². The van der Waals surface area contributed by atoms with E-state index in [9.17, 15) is 28.8 Å². The number of aromatic nitrogens is 4. The Hall–Kier alpha value is -1.67. The van der Waals surface area contributed by atoms with E-state index < -0.39 is 52.4 Å². The van der Waals surface area contributed by atoms with Crippen LogP contribution in [0.15, 0.2) is 11.1 Å². The van der Waals surface area contributed by atoms with E-state index in [1.165, 1.54) is 0 Å². The maximum Gasteiger partial charge on any atom is 0.481 e. The van der Waals surface area contributed by atoms with Crippen LogP contribution in [-0.2, 0) is 27.2 Å².